The standard InChI is InChI=1S/C26H36N2OSi/c1-27(2)21-15-17-22(18-16-21)28-24-14-10-9-13-23(24)26(29-30(3,4)5)19-25(28)20-11-7-6-8-12-20/h6-8,11-12,15-18,24-25H,9-10,13-14,19H2,1-5H3/t24-,25+/m0/s1. The van der Waals surface area contributed by atoms with E-state index in [0.717, 1.165) is 6.42 Å². The van der Waals surface area contributed by atoms with E-state index >= 15 is 0 Å². The van der Waals surface area contributed by atoms with Crippen LogP contribution in [0.3, 0.4) is 0 Å². The molecule has 0 unspecified atom stereocenters. The van der Waals surface area contributed by atoms with Gasteiger partial charge in [0.2, 0.25) is 8.32 Å². The number of benzene rings is 2. The average Bonchev–Trinajstić information content (AvgIpc) is 2.73. The van der Waals surface area contributed by atoms with Crippen molar-refractivity contribution in [3.8, 4) is 0 Å². The molecule has 0 radical (unpaired) electrons. The maximum absolute atomic E-state index is 6.72. The van der Waals surface area contributed by atoms with Gasteiger partial charge in [-0.1, -0.05) is 36.8 Å². The first-order chi connectivity index (χ1) is 14.3. The van der Waals surface area contributed by atoms with Crippen molar-refractivity contribution >= 4 is 19.7 Å². The predicted molar refractivity (Wildman–Crippen MR) is 131 cm³/mol. The number of anilines is 2. The van der Waals surface area contributed by atoms with E-state index in [-0.39, 0.29) is 0 Å². The van der Waals surface area contributed by atoms with Crippen molar-refractivity contribution in [1.29, 1.82) is 0 Å². The summed E-state index contributed by atoms with van der Waals surface area (Å²) in [4.78, 5) is 4.86. The van der Waals surface area contributed by atoms with E-state index in [1.165, 1.54) is 48.4 Å². The van der Waals surface area contributed by atoms with Gasteiger partial charge in [0.25, 0.3) is 0 Å². The van der Waals surface area contributed by atoms with Crippen LogP contribution < -0.4 is 9.80 Å². The molecule has 1 aliphatic heterocycles. The third-order valence-corrected chi connectivity index (χ3v) is 7.12. The molecule has 0 N–H and O–H groups in total. The van der Waals surface area contributed by atoms with Crippen molar-refractivity contribution in [2.24, 2.45) is 0 Å². The minimum Gasteiger partial charge on any atom is -0.547 e. The maximum atomic E-state index is 6.72. The fraction of sp³-hybridized carbons (Fsp3) is 0.462. The number of nitrogens with zero attached hydrogens (tertiary/aromatic N) is 2. The summed E-state index contributed by atoms with van der Waals surface area (Å²) in [7, 11) is 2.55. The summed E-state index contributed by atoms with van der Waals surface area (Å²) in [5.41, 5.74) is 5.52. The Hall–Kier alpha value is -2.20. The summed E-state index contributed by atoms with van der Waals surface area (Å²) in [5, 5.41) is 0. The molecule has 4 heteroatoms. The van der Waals surface area contributed by atoms with Gasteiger partial charge in [0.15, 0.2) is 0 Å². The molecule has 1 fully saturated rings. The fourth-order valence-electron chi connectivity index (χ4n) is 4.96. The summed E-state index contributed by atoms with van der Waals surface area (Å²) >= 11 is 0. The number of rotatable bonds is 5. The molecule has 4 rings (SSSR count). The third-order valence-electron chi connectivity index (χ3n) is 6.26. The van der Waals surface area contributed by atoms with E-state index in [0.29, 0.717) is 12.1 Å². The molecule has 1 aliphatic carbocycles. The Morgan fingerprint density at radius 3 is 2.23 bits per heavy atom. The van der Waals surface area contributed by atoms with Crippen LogP contribution in [0.2, 0.25) is 19.6 Å². The van der Waals surface area contributed by atoms with Gasteiger partial charge in [0.1, 0.15) is 0 Å². The van der Waals surface area contributed by atoms with E-state index < -0.39 is 8.32 Å². The van der Waals surface area contributed by atoms with Crippen LogP contribution >= 0.6 is 0 Å². The lowest BCUT2D eigenvalue weighted by Gasteiger charge is -2.48. The fourth-order valence-corrected chi connectivity index (χ4v) is 5.92. The average molecular weight is 421 g/mol. The van der Waals surface area contributed by atoms with Crippen LogP contribution in [0.25, 0.3) is 0 Å². The van der Waals surface area contributed by atoms with E-state index in [2.05, 4.69) is 98.1 Å². The van der Waals surface area contributed by atoms with Crippen molar-refractivity contribution in [3.63, 3.8) is 0 Å². The summed E-state index contributed by atoms with van der Waals surface area (Å²) < 4.78 is 6.72. The van der Waals surface area contributed by atoms with Crippen molar-refractivity contribution in [2.75, 3.05) is 23.9 Å². The number of hydrogen-bond donors (Lipinski definition) is 0. The molecule has 1 heterocycles. The van der Waals surface area contributed by atoms with Crippen LogP contribution in [-0.4, -0.2) is 28.5 Å². The highest BCUT2D eigenvalue weighted by Gasteiger charge is 2.39. The summed E-state index contributed by atoms with van der Waals surface area (Å²) in [6, 6.07) is 20.9. The smallest absolute Gasteiger partial charge is 0.241 e. The Labute approximate surface area is 183 Å². The first-order valence-corrected chi connectivity index (χ1v) is 14.8. The Morgan fingerprint density at radius 2 is 1.60 bits per heavy atom. The van der Waals surface area contributed by atoms with Crippen molar-refractivity contribution in [1.82, 2.24) is 0 Å². The Kier molecular flexibility index (Phi) is 5.96. The van der Waals surface area contributed by atoms with Crippen molar-refractivity contribution in [3.05, 3.63) is 71.5 Å². The zero-order valence-electron chi connectivity index (χ0n) is 19.2. The quantitative estimate of drug-likeness (QED) is 0.497. The lowest BCUT2D eigenvalue weighted by Crippen LogP contribution is -2.46. The van der Waals surface area contributed by atoms with E-state index in [9.17, 15) is 0 Å². The van der Waals surface area contributed by atoms with E-state index in [1.54, 1.807) is 5.57 Å². The highest BCUT2D eigenvalue weighted by Crippen LogP contribution is 2.46. The number of hydrogen-bond acceptors (Lipinski definition) is 3. The predicted octanol–water partition coefficient (Wildman–Crippen LogP) is 6.75. The summed E-state index contributed by atoms with van der Waals surface area (Å²) in [6.07, 6.45) is 5.94. The Bertz CT molecular complexity index is 883. The lowest BCUT2D eigenvalue weighted by atomic mass is 9.81. The second-order valence-corrected chi connectivity index (χ2v) is 14.3. The van der Waals surface area contributed by atoms with E-state index in [4.69, 9.17) is 4.43 Å². The largest absolute Gasteiger partial charge is 0.547 e. The Morgan fingerprint density at radius 1 is 0.900 bits per heavy atom. The highest BCUT2D eigenvalue weighted by molar-refractivity contribution is 6.70. The molecule has 0 bridgehead atoms. The normalized spacial score (nSPS) is 22.0. The van der Waals surface area contributed by atoms with Crippen LogP contribution in [0.5, 0.6) is 0 Å². The molecule has 2 aromatic carbocycles. The Balaban J connectivity index is 1.80. The summed E-state index contributed by atoms with van der Waals surface area (Å²) in [5.74, 6) is 1.30. The monoisotopic (exact) mass is 420 g/mol. The van der Waals surface area contributed by atoms with Gasteiger partial charge in [-0.15, -0.1) is 0 Å². The van der Waals surface area contributed by atoms with Gasteiger partial charge in [-0.3, -0.25) is 0 Å². The number of fused-ring (bicyclic) bond motifs is 1. The van der Waals surface area contributed by atoms with Gasteiger partial charge in [-0.2, -0.15) is 0 Å². The zero-order chi connectivity index (χ0) is 21.3. The van der Waals surface area contributed by atoms with Crippen molar-refractivity contribution < 1.29 is 4.43 Å². The molecule has 2 atom stereocenters. The second-order valence-electron chi connectivity index (χ2n) is 9.87. The second kappa shape index (κ2) is 8.50. The molecule has 0 spiro atoms. The van der Waals surface area contributed by atoms with Crippen LogP contribution in [0.1, 0.15) is 43.7 Å². The summed E-state index contributed by atoms with van der Waals surface area (Å²) in [6.45, 7) is 6.92. The lowest BCUT2D eigenvalue weighted by molar-refractivity contribution is 0.320. The molecule has 30 heavy (non-hydrogen) atoms. The molecule has 160 valence electrons. The van der Waals surface area contributed by atoms with Crippen LogP contribution in [0.15, 0.2) is 65.9 Å². The van der Waals surface area contributed by atoms with E-state index in [1.807, 2.05) is 0 Å². The molecule has 0 aromatic heterocycles. The SMILES string of the molecule is CN(C)c1ccc(N2[C@@H](c3ccccc3)CC(O[Si](C)(C)C)=C3CCCC[C@@H]32)cc1. The molecule has 1 saturated carbocycles. The van der Waals surface area contributed by atoms with Gasteiger partial charge in [0.05, 0.1) is 17.8 Å². The highest BCUT2D eigenvalue weighted by atomic mass is 28.4. The van der Waals surface area contributed by atoms with Gasteiger partial charge in [0, 0.05) is 31.9 Å². The minimum absolute atomic E-state index is 0.314. The van der Waals surface area contributed by atoms with Gasteiger partial charge >= 0.3 is 0 Å². The third kappa shape index (κ3) is 4.44. The van der Waals surface area contributed by atoms with Crippen molar-refractivity contribution in [2.45, 2.75) is 63.8 Å². The molecule has 0 saturated heterocycles. The van der Waals surface area contributed by atoms with Gasteiger partial charge < -0.3 is 14.2 Å². The molecule has 2 aromatic rings. The zero-order valence-corrected chi connectivity index (χ0v) is 20.2. The molecule has 0 amide bonds. The topological polar surface area (TPSA) is 15.7 Å². The van der Waals surface area contributed by atoms with Crippen LogP contribution in [0, 0.1) is 0 Å². The first-order valence-electron chi connectivity index (χ1n) is 11.3. The van der Waals surface area contributed by atoms with Crippen LogP contribution in [-0.2, 0) is 4.43 Å². The van der Waals surface area contributed by atoms with Gasteiger partial charge in [-0.25, -0.2) is 0 Å². The van der Waals surface area contributed by atoms with Crippen LogP contribution in [0.4, 0.5) is 11.4 Å². The molecule has 2 aliphatic rings. The first kappa shape index (κ1) is 21.0. The van der Waals surface area contributed by atoms with Gasteiger partial charge in [-0.05, 0) is 74.3 Å². The minimum atomic E-state index is -1.65. The molecular weight excluding hydrogens is 384 g/mol. The molecule has 3 nitrogen and oxygen atoms in total. The molecular formula is C26H36N2OSi. The maximum Gasteiger partial charge on any atom is 0.241 e.